The highest BCUT2D eigenvalue weighted by atomic mass is 16.4. The molecule has 1 atom stereocenters. The number of H-pyrrole nitrogens is 1. The van der Waals surface area contributed by atoms with Gasteiger partial charge in [0.15, 0.2) is 0 Å². The summed E-state index contributed by atoms with van der Waals surface area (Å²) in [7, 11) is 0. The van der Waals surface area contributed by atoms with Crippen LogP contribution in [0.1, 0.15) is 69.1 Å². The van der Waals surface area contributed by atoms with Crippen molar-refractivity contribution in [1.82, 2.24) is 15.1 Å². The molecule has 0 radical (unpaired) electrons. The van der Waals surface area contributed by atoms with E-state index < -0.39 is 11.4 Å². The van der Waals surface area contributed by atoms with Crippen molar-refractivity contribution in [1.29, 1.82) is 0 Å². The maximum atomic E-state index is 12.7. The monoisotopic (exact) mass is 333 g/mol. The van der Waals surface area contributed by atoms with Gasteiger partial charge in [-0.2, -0.15) is 5.10 Å². The van der Waals surface area contributed by atoms with Gasteiger partial charge in [0.25, 0.3) is 5.91 Å². The smallest absolute Gasteiger partial charge is 0.311 e. The Kier molecular flexibility index (Phi) is 5.47. The lowest BCUT2D eigenvalue weighted by molar-refractivity contribution is -0.151. The number of aromatic amines is 1. The second-order valence-electron chi connectivity index (χ2n) is 7.26. The first-order valence-electron chi connectivity index (χ1n) is 8.46. The number of rotatable bonds is 5. The van der Waals surface area contributed by atoms with Gasteiger partial charge in [-0.3, -0.25) is 14.7 Å². The van der Waals surface area contributed by atoms with Gasteiger partial charge in [-0.05, 0) is 45.1 Å². The van der Waals surface area contributed by atoms with Crippen molar-refractivity contribution < 1.29 is 14.7 Å². The van der Waals surface area contributed by atoms with Crippen LogP contribution in [0, 0.1) is 5.41 Å². The minimum atomic E-state index is -0.900. The van der Waals surface area contributed by atoms with E-state index in [1.165, 1.54) is 0 Å². The lowest BCUT2D eigenvalue weighted by atomic mass is 9.76. The first-order chi connectivity index (χ1) is 11.2. The predicted octanol–water partition coefficient (Wildman–Crippen LogP) is 3.20. The predicted molar refractivity (Wildman–Crippen MR) is 91.9 cm³/mol. The fraction of sp³-hybridized carbons (Fsp3) is 0.611. The van der Waals surface area contributed by atoms with Gasteiger partial charge in [-0.15, -0.1) is 0 Å². The van der Waals surface area contributed by atoms with Crippen molar-refractivity contribution in [2.45, 2.75) is 52.9 Å². The fourth-order valence-corrected chi connectivity index (χ4v) is 3.04. The molecule has 0 saturated carbocycles. The number of carboxylic acids is 1. The first-order valence-corrected chi connectivity index (χ1v) is 8.46. The van der Waals surface area contributed by atoms with E-state index >= 15 is 0 Å². The number of hydrogen-bond acceptors (Lipinski definition) is 3. The number of nitrogens with zero attached hydrogens (tertiary/aromatic N) is 2. The second-order valence-corrected chi connectivity index (χ2v) is 7.26. The van der Waals surface area contributed by atoms with E-state index in [0.29, 0.717) is 31.5 Å². The molecule has 1 aromatic heterocycles. The number of aliphatic carboxylic acids is 1. The Hall–Kier alpha value is -2.11. The van der Waals surface area contributed by atoms with E-state index in [1.54, 1.807) is 11.0 Å². The van der Waals surface area contributed by atoms with Crippen LogP contribution in [0.4, 0.5) is 0 Å². The summed E-state index contributed by atoms with van der Waals surface area (Å²) >= 11 is 0. The van der Waals surface area contributed by atoms with Crippen LogP contribution in [-0.2, 0) is 4.79 Å². The third-order valence-corrected chi connectivity index (χ3v) is 4.66. The van der Waals surface area contributed by atoms with Crippen LogP contribution >= 0.6 is 0 Å². The molecular formula is C18H27N3O3. The molecule has 0 spiro atoms. The van der Waals surface area contributed by atoms with Gasteiger partial charge in [0.2, 0.25) is 0 Å². The third kappa shape index (κ3) is 3.86. The van der Waals surface area contributed by atoms with Crippen LogP contribution in [0.25, 0.3) is 0 Å². The molecule has 1 saturated heterocycles. The summed E-state index contributed by atoms with van der Waals surface area (Å²) in [4.78, 5) is 26.3. The highest BCUT2D eigenvalue weighted by Gasteiger charge is 2.43. The number of aromatic nitrogens is 2. The first kappa shape index (κ1) is 18.2. The number of carbonyl (C=O) groups is 2. The van der Waals surface area contributed by atoms with Gasteiger partial charge in [-0.25, -0.2) is 0 Å². The van der Waals surface area contributed by atoms with Crippen molar-refractivity contribution in [3.05, 3.63) is 29.1 Å². The van der Waals surface area contributed by atoms with Gasteiger partial charge in [0.05, 0.1) is 5.41 Å². The number of piperidine rings is 1. The van der Waals surface area contributed by atoms with Gasteiger partial charge in [0.1, 0.15) is 5.69 Å². The SMILES string of the molecule is CC(C)=CC[C@@]1(C(=O)O)CCCN(C(=O)c2cc(C(C)C)[nH]n2)C1. The maximum Gasteiger partial charge on any atom is 0.311 e. The van der Waals surface area contributed by atoms with E-state index in [1.807, 2.05) is 33.8 Å². The topological polar surface area (TPSA) is 86.3 Å². The summed E-state index contributed by atoms with van der Waals surface area (Å²) in [5.41, 5.74) is 1.46. The second kappa shape index (κ2) is 7.20. The molecule has 1 amide bonds. The largest absolute Gasteiger partial charge is 0.481 e. The zero-order valence-electron chi connectivity index (χ0n) is 14.9. The van der Waals surface area contributed by atoms with Crippen LogP contribution in [-0.4, -0.2) is 45.2 Å². The molecule has 1 aliphatic rings. The quantitative estimate of drug-likeness (QED) is 0.810. The molecule has 2 heterocycles. The lowest BCUT2D eigenvalue weighted by Crippen LogP contribution is -2.49. The summed E-state index contributed by atoms with van der Waals surface area (Å²) in [6, 6.07) is 1.76. The average molecular weight is 333 g/mol. The Morgan fingerprint density at radius 3 is 2.71 bits per heavy atom. The van der Waals surface area contributed by atoms with E-state index in [2.05, 4.69) is 10.2 Å². The number of likely N-dealkylation sites (tertiary alicyclic amines) is 1. The molecule has 6 heteroatoms. The number of carboxylic acid groups (broad SMARTS) is 1. The number of hydrogen-bond donors (Lipinski definition) is 2. The Balaban J connectivity index is 2.19. The standard InChI is InChI=1S/C18H27N3O3/c1-12(2)6-8-18(17(23)24)7-5-9-21(11-18)16(22)15-10-14(13(3)4)19-20-15/h6,10,13H,5,7-9,11H2,1-4H3,(H,19,20)(H,23,24)/t18-/m0/s1. The molecular weight excluding hydrogens is 306 g/mol. The van der Waals surface area contributed by atoms with Crippen LogP contribution < -0.4 is 0 Å². The highest BCUT2D eigenvalue weighted by Crippen LogP contribution is 2.35. The zero-order chi connectivity index (χ0) is 17.9. The maximum absolute atomic E-state index is 12.7. The number of nitrogens with one attached hydrogen (secondary N) is 1. The average Bonchev–Trinajstić information content (AvgIpc) is 3.02. The summed E-state index contributed by atoms with van der Waals surface area (Å²) in [5, 5.41) is 16.7. The van der Waals surface area contributed by atoms with Gasteiger partial charge >= 0.3 is 5.97 Å². The normalized spacial score (nSPS) is 21.0. The molecule has 0 aliphatic carbocycles. The molecule has 1 aromatic rings. The van der Waals surface area contributed by atoms with E-state index in [0.717, 1.165) is 11.3 Å². The van der Waals surface area contributed by atoms with E-state index in [4.69, 9.17) is 0 Å². The van der Waals surface area contributed by atoms with Gasteiger partial charge in [-0.1, -0.05) is 25.5 Å². The molecule has 1 aliphatic heterocycles. The summed E-state index contributed by atoms with van der Waals surface area (Å²) in [6.07, 6.45) is 3.68. The van der Waals surface area contributed by atoms with Crippen molar-refractivity contribution >= 4 is 11.9 Å². The van der Waals surface area contributed by atoms with Gasteiger partial charge < -0.3 is 10.0 Å². The Morgan fingerprint density at radius 2 is 2.17 bits per heavy atom. The molecule has 24 heavy (non-hydrogen) atoms. The Bertz CT molecular complexity index is 644. The van der Waals surface area contributed by atoms with Crippen LogP contribution in [0.5, 0.6) is 0 Å². The third-order valence-electron chi connectivity index (χ3n) is 4.66. The van der Waals surface area contributed by atoms with Gasteiger partial charge in [0, 0.05) is 18.8 Å². The van der Waals surface area contributed by atoms with E-state index in [9.17, 15) is 14.7 Å². The van der Waals surface area contributed by atoms with Crippen LogP contribution in [0.3, 0.4) is 0 Å². The summed E-state index contributed by atoms with van der Waals surface area (Å²) < 4.78 is 0. The minimum absolute atomic E-state index is 0.194. The minimum Gasteiger partial charge on any atom is -0.481 e. The molecule has 0 unspecified atom stereocenters. The molecule has 0 bridgehead atoms. The van der Waals surface area contributed by atoms with Crippen molar-refractivity contribution in [2.75, 3.05) is 13.1 Å². The number of carbonyl (C=O) groups excluding carboxylic acids is 1. The Morgan fingerprint density at radius 1 is 1.46 bits per heavy atom. The molecule has 2 N–H and O–H groups in total. The number of amides is 1. The molecule has 0 aromatic carbocycles. The highest BCUT2D eigenvalue weighted by molar-refractivity contribution is 5.93. The summed E-state index contributed by atoms with van der Waals surface area (Å²) in [6.45, 7) is 8.77. The molecule has 6 nitrogen and oxygen atoms in total. The van der Waals surface area contributed by atoms with Crippen LogP contribution in [0.15, 0.2) is 17.7 Å². The van der Waals surface area contributed by atoms with Crippen molar-refractivity contribution in [2.24, 2.45) is 5.41 Å². The van der Waals surface area contributed by atoms with Crippen molar-refractivity contribution in [3.8, 4) is 0 Å². The number of allylic oxidation sites excluding steroid dienone is 2. The lowest BCUT2D eigenvalue weighted by Gasteiger charge is -2.39. The Labute approximate surface area is 142 Å². The fourth-order valence-electron chi connectivity index (χ4n) is 3.04. The van der Waals surface area contributed by atoms with Crippen molar-refractivity contribution in [3.63, 3.8) is 0 Å². The summed E-state index contributed by atoms with van der Waals surface area (Å²) in [5.74, 6) is -0.765. The zero-order valence-corrected chi connectivity index (χ0v) is 14.9. The molecule has 1 fully saturated rings. The molecule has 2 rings (SSSR count). The van der Waals surface area contributed by atoms with E-state index in [-0.39, 0.29) is 18.4 Å². The van der Waals surface area contributed by atoms with Crippen LogP contribution in [0.2, 0.25) is 0 Å². The molecule has 132 valence electrons.